The van der Waals surface area contributed by atoms with Gasteiger partial charge in [-0.25, -0.2) is 10.4 Å². The molecule has 3 N–H and O–H groups in total. The third-order valence-electron chi connectivity index (χ3n) is 7.16. The summed E-state index contributed by atoms with van der Waals surface area (Å²) in [6, 6.07) is 32.4. The Kier molecular flexibility index (Phi) is 10.9. The quantitative estimate of drug-likeness (QED) is 0.105. The van der Waals surface area contributed by atoms with E-state index in [2.05, 4.69) is 26.8 Å². The second-order valence-corrected chi connectivity index (χ2v) is 11.6. The van der Waals surface area contributed by atoms with Crippen LogP contribution in [0.2, 0.25) is 5.02 Å². The van der Waals surface area contributed by atoms with Crippen molar-refractivity contribution in [2.45, 2.75) is 31.0 Å². The number of rotatable bonds is 13. The van der Waals surface area contributed by atoms with Crippen molar-refractivity contribution in [3.05, 3.63) is 141 Å². The number of aliphatic hydroxyl groups is 1. The Morgan fingerprint density at radius 1 is 1.00 bits per heavy atom. The van der Waals surface area contributed by atoms with Crippen LogP contribution in [0.4, 0.5) is 0 Å². The molecule has 0 bridgehead atoms. The molecule has 7 nitrogen and oxygen atoms in total. The molecular formula is C35H33BrClN3O4. The van der Waals surface area contributed by atoms with E-state index >= 15 is 0 Å². The standard InChI is InChI=1S/C35H33BrClN3O4/c36-31-12-5-4-11-30(31)32-35(21-6-10-25-8-2-1-3-9-25,34(42)40-38-24-26-13-17-28(37)18-14-26)39-33(44-32)27-15-19-29(20-16-27)43-23-7-22-41/h1-6,8-20,32,38,41H,7,21-24H2,(H,40,42)/b10-6+/t32-,35-/m0/s1. The zero-order valence-electron chi connectivity index (χ0n) is 24.0. The second-order valence-electron chi connectivity index (χ2n) is 10.3. The van der Waals surface area contributed by atoms with Gasteiger partial charge >= 0.3 is 0 Å². The predicted molar refractivity (Wildman–Crippen MR) is 177 cm³/mol. The van der Waals surface area contributed by atoms with Crippen LogP contribution in [0, 0.1) is 0 Å². The molecule has 0 aliphatic carbocycles. The Balaban J connectivity index is 1.49. The van der Waals surface area contributed by atoms with Crippen molar-refractivity contribution < 1.29 is 19.4 Å². The topological polar surface area (TPSA) is 92.2 Å². The Hall–Kier alpha value is -3.95. The average Bonchev–Trinajstić information content (AvgIpc) is 3.43. The van der Waals surface area contributed by atoms with Gasteiger partial charge in [-0.1, -0.05) is 100 Å². The SMILES string of the molecule is O=C(NNCc1ccc(Cl)cc1)[C@@]1(C/C=C/c2ccccc2)N=C(c2ccc(OCCCO)cc2)O[C@H]1c1ccccc1Br. The molecule has 2 atom stereocenters. The van der Waals surface area contributed by atoms with Gasteiger partial charge in [-0.15, -0.1) is 0 Å². The first-order valence-corrected chi connectivity index (χ1v) is 15.5. The molecule has 1 amide bonds. The number of carbonyl (C=O) groups excluding carboxylic acids is 1. The van der Waals surface area contributed by atoms with E-state index in [4.69, 9.17) is 31.2 Å². The number of benzene rings is 4. The van der Waals surface area contributed by atoms with Crippen LogP contribution in [-0.2, 0) is 16.1 Å². The lowest BCUT2D eigenvalue weighted by Crippen LogP contribution is -2.52. The van der Waals surface area contributed by atoms with E-state index in [0.717, 1.165) is 21.2 Å². The first-order valence-electron chi connectivity index (χ1n) is 14.3. The summed E-state index contributed by atoms with van der Waals surface area (Å²) in [6.45, 7) is 0.877. The highest BCUT2D eigenvalue weighted by atomic mass is 79.9. The summed E-state index contributed by atoms with van der Waals surface area (Å²) >= 11 is 9.71. The third kappa shape index (κ3) is 7.76. The Labute approximate surface area is 270 Å². The van der Waals surface area contributed by atoms with Crippen LogP contribution in [0.1, 0.15) is 41.2 Å². The molecule has 0 unspecified atom stereocenters. The molecule has 0 fully saturated rings. The minimum Gasteiger partial charge on any atom is -0.494 e. The smallest absolute Gasteiger partial charge is 0.266 e. The number of hydrogen-bond donors (Lipinski definition) is 3. The van der Waals surface area contributed by atoms with Gasteiger partial charge in [0.25, 0.3) is 5.91 Å². The maximum absolute atomic E-state index is 14.3. The zero-order chi connectivity index (χ0) is 30.8. The molecule has 4 aromatic carbocycles. The van der Waals surface area contributed by atoms with Crippen LogP contribution >= 0.6 is 27.5 Å². The van der Waals surface area contributed by atoms with Crippen molar-refractivity contribution in [2.75, 3.05) is 13.2 Å². The van der Waals surface area contributed by atoms with Gasteiger partial charge in [0.1, 0.15) is 5.75 Å². The lowest BCUT2D eigenvalue weighted by atomic mass is 9.84. The summed E-state index contributed by atoms with van der Waals surface area (Å²) in [5.41, 5.74) is 8.13. The number of halogens is 2. The van der Waals surface area contributed by atoms with E-state index in [9.17, 15) is 4.79 Å². The number of hydrogen-bond acceptors (Lipinski definition) is 6. The number of carbonyl (C=O) groups is 1. The Morgan fingerprint density at radius 3 is 2.45 bits per heavy atom. The highest BCUT2D eigenvalue weighted by Gasteiger charge is 2.53. The molecule has 5 rings (SSSR count). The number of amides is 1. The van der Waals surface area contributed by atoms with Gasteiger partial charge in [0.2, 0.25) is 5.90 Å². The fourth-order valence-electron chi connectivity index (χ4n) is 4.86. The van der Waals surface area contributed by atoms with Crippen molar-refractivity contribution in [3.63, 3.8) is 0 Å². The molecule has 4 aromatic rings. The number of ether oxygens (including phenoxy) is 2. The highest BCUT2D eigenvalue weighted by molar-refractivity contribution is 9.10. The first-order chi connectivity index (χ1) is 21.5. The van der Waals surface area contributed by atoms with Gasteiger partial charge < -0.3 is 14.6 Å². The van der Waals surface area contributed by atoms with Crippen LogP contribution in [-0.4, -0.2) is 35.7 Å². The Bertz CT molecular complexity index is 1600. The number of nitrogens with zero attached hydrogens (tertiary/aromatic N) is 1. The molecule has 44 heavy (non-hydrogen) atoms. The summed E-state index contributed by atoms with van der Waals surface area (Å²) in [5, 5.41) is 9.70. The summed E-state index contributed by atoms with van der Waals surface area (Å²) in [7, 11) is 0. The maximum atomic E-state index is 14.3. The summed E-state index contributed by atoms with van der Waals surface area (Å²) in [6.07, 6.45) is 4.04. The van der Waals surface area contributed by atoms with Crippen LogP contribution in [0.3, 0.4) is 0 Å². The molecule has 1 aliphatic rings. The summed E-state index contributed by atoms with van der Waals surface area (Å²) in [5.74, 6) is 0.696. The molecule has 0 radical (unpaired) electrons. The van der Waals surface area contributed by atoms with Crippen molar-refractivity contribution in [1.82, 2.24) is 10.9 Å². The van der Waals surface area contributed by atoms with E-state index < -0.39 is 11.6 Å². The number of aliphatic hydroxyl groups excluding tert-OH is 1. The lowest BCUT2D eigenvalue weighted by Gasteiger charge is -2.30. The van der Waals surface area contributed by atoms with Crippen molar-refractivity contribution >= 4 is 45.4 Å². The lowest BCUT2D eigenvalue weighted by molar-refractivity contribution is -0.129. The van der Waals surface area contributed by atoms with Gasteiger partial charge in [0.05, 0.1) is 6.61 Å². The van der Waals surface area contributed by atoms with Gasteiger partial charge in [-0.3, -0.25) is 10.2 Å². The minimum atomic E-state index is -1.34. The fraction of sp³-hybridized carbons (Fsp3) is 0.200. The van der Waals surface area contributed by atoms with E-state index in [1.54, 1.807) is 0 Å². The molecular weight excluding hydrogens is 642 g/mol. The van der Waals surface area contributed by atoms with Gasteiger partial charge in [-0.2, -0.15) is 0 Å². The molecule has 1 heterocycles. The number of nitrogens with one attached hydrogen (secondary N) is 2. The first kappa shape index (κ1) is 31.5. The number of hydrazine groups is 1. The molecule has 226 valence electrons. The van der Waals surface area contributed by atoms with Gasteiger partial charge in [0, 0.05) is 46.6 Å². The van der Waals surface area contributed by atoms with Crippen LogP contribution < -0.4 is 15.6 Å². The maximum Gasteiger partial charge on any atom is 0.266 e. The largest absolute Gasteiger partial charge is 0.494 e. The molecule has 0 aromatic heterocycles. The average molecular weight is 675 g/mol. The minimum absolute atomic E-state index is 0.0661. The summed E-state index contributed by atoms with van der Waals surface area (Å²) in [4.78, 5) is 19.3. The third-order valence-corrected chi connectivity index (χ3v) is 8.14. The highest BCUT2D eigenvalue weighted by Crippen LogP contribution is 2.45. The Morgan fingerprint density at radius 2 is 1.73 bits per heavy atom. The zero-order valence-corrected chi connectivity index (χ0v) is 26.3. The predicted octanol–water partition coefficient (Wildman–Crippen LogP) is 7.05. The van der Waals surface area contributed by atoms with Gasteiger partial charge in [0.15, 0.2) is 11.6 Å². The molecule has 0 spiro atoms. The van der Waals surface area contributed by atoms with Crippen LogP contribution in [0.15, 0.2) is 119 Å². The fourth-order valence-corrected chi connectivity index (χ4v) is 5.47. The molecule has 0 saturated carbocycles. The van der Waals surface area contributed by atoms with E-state index in [-0.39, 0.29) is 18.9 Å². The van der Waals surface area contributed by atoms with Crippen LogP contribution in [0.5, 0.6) is 5.75 Å². The molecule has 0 saturated heterocycles. The molecule has 1 aliphatic heterocycles. The normalized spacial score (nSPS) is 17.7. The van der Waals surface area contributed by atoms with Crippen molar-refractivity contribution in [1.29, 1.82) is 0 Å². The van der Waals surface area contributed by atoms with Crippen LogP contribution in [0.25, 0.3) is 6.08 Å². The van der Waals surface area contributed by atoms with Crippen molar-refractivity contribution in [2.24, 2.45) is 4.99 Å². The molecule has 9 heteroatoms. The summed E-state index contributed by atoms with van der Waals surface area (Å²) < 4.78 is 13.1. The second kappa shape index (κ2) is 15.2. The van der Waals surface area contributed by atoms with E-state index in [1.165, 1.54) is 0 Å². The van der Waals surface area contributed by atoms with E-state index in [1.807, 2.05) is 115 Å². The number of aliphatic imine (C=N–C) groups is 1. The van der Waals surface area contributed by atoms with Gasteiger partial charge in [-0.05, 0) is 53.6 Å². The van der Waals surface area contributed by atoms with Crippen molar-refractivity contribution in [3.8, 4) is 5.75 Å². The van der Waals surface area contributed by atoms with E-state index in [0.29, 0.717) is 41.8 Å². The monoisotopic (exact) mass is 673 g/mol.